The SMILES string of the molecule is CCCCCCCCC/C=C/C(O)C(CO)NC(=O)CCCCCCCCCCCCCCCCCCC/C=C\C/C=C\CCCCCCCCCCCCCCCCCOC(=O)CCCCCCCCCCCCC. The summed E-state index contributed by atoms with van der Waals surface area (Å²) in [7, 11) is 0. The van der Waals surface area contributed by atoms with E-state index < -0.39 is 12.1 Å². The summed E-state index contributed by atoms with van der Waals surface area (Å²) in [6.45, 7) is 4.89. The molecule has 6 nitrogen and oxygen atoms in total. The standard InChI is InChI=1S/C70H133NO5/c1-3-5-7-9-11-13-43-48-52-56-60-64-70(75)76-65-61-57-53-49-45-42-40-38-36-34-32-30-28-26-24-22-20-18-16-14-15-17-19-21-23-25-27-29-31-33-35-37-39-41-44-47-51-55-59-63-69(74)71-67(66-72)68(73)62-58-54-50-46-12-10-8-6-4-2/h14-15,18,20,58,62,67-68,72-73H,3-13,16-17,19,21-57,59-61,63-66H2,1-2H3,(H,71,74)/b15-14-,20-18-,62-58+. The highest BCUT2D eigenvalue weighted by molar-refractivity contribution is 5.76. The Kier molecular flexibility index (Phi) is 63.9. The molecule has 0 saturated carbocycles. The molecule has 0 aliphatic rings. The van der Waals surface area contributed by atoms with Gasteiger partial charge in [-0.05, 0) is 64.2 Å². The number of amides is 1. The van der Waals surface area contributed by atoms with Crippen LogP contribution in [0.2, 0.25) is 0 Å². The van der Waals surface area contributed by atoms with Crippen LogP contribution in [0.1, 0.15) is 373 Å². The number of rotatable bonds is 64. The number of ether oxygens (including phenoxy) is 1. The van der Waals surface area contributed by atoms with Gasteiger partial charge in [-0.25, -0.2) is 0 Å². The molecular weight excluding hydrogens is 935 g/mol. The second-order valence-electron chi connectivity index (χ2n) is 23.5. The molecule has 0 aliphatic heterocycles. The van der Waals surface area contributed by atoms with E-state index in [4.69, 9.17) is 4.74 Å². The molecule has 448 valence electrons. The van der Waals surface area contributed by atoms with Gasteiger partial charge >= 0.3 is 5.97 Å². The molecule has 0 aliphatic carbocycles. The van der Waals surface area contributed by atoms with Crippen LogP contribution >= 0.6 is 0 Å². The van der Waals surface area contributed by atoms with Crippen molar-refractivity contribution >= 4 is 11.9 Å². The highest BCUT2D eigenvalue weighted by Crippen LogP contribution is 2.18. The molecule has 2 atom stereocenters. The maximum Gasteiger partial charge on any atom is 0.305 e. The third-order valence-electron chi connectivity index (χ3n) is 15.9. The minimum atomic E-state index is -0.840. The Balaban J connectivity index is 3.33. The summed E-state index contributed by atoms with van der Waals surface area (Å²) in [5.41, 5.74) is 0. The minimum Gasteiger partial charge on any atom is -0.466 e. The molecule has 0 aromatic rings. The second-order valence-corrected chi connectivity index (χ2v) is 23.5. The monoisotopic (exact) mass is 1070 g/mol. The summed E-state index contributed by atoms with van der Waals surface area (Å²) < 4.78 is 5.47. The van der Waals surface area contributed by atoms with Gasteiger partial charge in [0.1, 0.15) is 0 Å². The van der Waals surface area contributed by atoms with Crippen molar-refractivity contribution in [1.29, 1.82) is 0 Å². The first kappa shape index (κ1) is 74.1. The molecule has 0 radical (unpaired) electrons. The molecule has 0 spiro atoms. The van der Waals surface area contributed by atoms with Crippen molar-refractivity contribution in [2.75, 3.05) is 13.2 Å². The fourth-order valence-electron chi connectivity index (χ4n) is 10.7. The third kappa shape index (κ3) is 61.3. The summed E-state index contributed by atoms with van der Waals surface area (Å²) in [6, 6.07) is -0.623. The largest absolute Gasteiger partial charge is 0.466 e. The molecule has 2 unspecified atom stereocenters. The molecule has 0 fully saturated rings. The van der Waals surface area contributed by atoms with E-state index in [-0.39, 0.29) is 18.5 Å². The lowest BCUT2D eigenvalue weighted by Gasteiger charge is -2.20. The summed E-state index contributed by atoms with van der Waals surface area (Å²) in [5, 5.41) is 23.0. The van der Waals surface area contributed by atoms with Crippen LogP contribution in [0, 0.1) is 0 Å². The molecule has 0 rings (SSSR count). The van der Waals surface area contributed by atoms with Crippen LogP contribution in [0.4, 0.5) is 0 Å². The molecule has 0 aromatic carbocycles. The number of hydrogen-bond acceptors (Lipinski definition) is 5. The number of carbonyl (C=O) groups excluding carboxylic acids is 2. The summed E-state index contributed by atoms with van der Waals surface area (Å²) in [6.07, 6.45) is 83.9. The fourth-order valence-corrected chi connectivity index (χ4v) is 10.7. The zero-order chi connectivity index (χ0) is 55.0. The van der Waals surface area contributed by atoms with Crippen LogP contribution in [0.25, 0.3) is 0 Å². The molecule has 0 saturated heterocycles. The van der Waals surface area contributed by atoms with Crippen molar-refractivity contribution in [2.24, 2.45) is 0 Å². The number of hydrogen-bond donors (Lipinski definition) is 3. The van der Waals surface area contributed by atoms with Crippen LogP contribution in [0.5, 0.6) is 0 Å². The molecule has 0 bridgehead atoms. The van der Waals surface area contributed by atoms with Crippen molar-refractivity contribution in [3.05, 3.63) is 36.5 Å². The van der Waals surface area contributed by atoms with E-state index in [1.165, 1.54) is 302 Å². The Morgan fingerprint density at radius 3 is 1.00 bits per heavy atom. The van der Waals surface area contributed by atoms with E-state index in [1.54, 1.807) is 6.08 Å². The topological polar surface area (TPSA) is 95.9 Å². The summed E-state index contributed by atoms with van der Waals surface area (Å²) in [5.74, 6) is -0.0466. The lowest BCUT2D eigenvalue weighted by atomic mass is 10.0. The van der Waals surface area contributed by atoms with E-state index in [1.807, 2.05) is 6.08 Å². The van der Waals surface area contributed by atoms with E-state index in [2.05, 4.69) is 43.5 Å². The maximum absolute atomic E-state index is 12.4. The van der Waals surface area contributed by atoms with Crippen molar-refractivity contribution in [1.82, 2.24) is 5.32 Å². The number of aliphatic hydroxyl groups excluding tert-OH is 2. The van der Waals surface area contributed by atoms with Gasteiger partial charge in [-0.1, -0.05) is 333 Å². The molecule has 0 heterocycles. The van der Waals surface area contributed by atoms with Crippen LogP contribution < -0.4 is 5.32 Å². The van der Waals surface area contributed by atoms with Gasteiger partial charge in [-0.2, -0.15) is 0 Å². The molecule has 6 heteroatoms. The quantitative estimate of drug-likeness (QED) is 0.0320. The number of unbranched alkanes of at least 4 members (excludes halogenated alkanes) is 49. The average Bonchev–Trinajstić information content (AvgIpc) is 3.42. The smallest absolute Gasteiger partial charge is 0.305 e. The number of allylic oxidation sites excluding steroid dienone is 5. The Morgan fingerprint density at radius 2 is 0.658 bits per heavy atom. The van der Waals surface area contributed by atoms with Crippen LogP contribution in [0.3, 0.4) is 0 Å². The Hall–Kier alpha value is -1.92. The van der Waals surface area contributed by atoms with Crippen molar-refractivity contribution in [3.63, 3.8) is 0 Å². The number of aliphatic hydroxyl groups is 2. The van der Waals surface area contributed by atoms with Crippen LogP contribution in [-0.4, -0.2) is 47.4 Å². The zero-order valence-corrected chi connectivity index (χ0v) is 51.3. The van der Waals surface area contributed by atoms with E-state index in [0.717, 1.165) is 44.9 Å². The highest BCUT2D eigenvalue weighted by atomic mass is 16.5. The molecule has 3 N–H and O–H groups in total. The number of esters is 1. The van der Waals surface area contributed by atoms with Crippen molar-refractivity contribution < 1.29 is 24.5 Å². The highest BCUT2D eigenvalue weighted by Gasteiger charge is 2.18. The minimum absolute atomic E-state index is 0.0199. The van der Waals surface area contributed by atoms with Crippen molar-refractivity contribution in [3.8, 4) is 0 Å². The fraction of sp³-hybridized carbons (Fsp3) is 0.886. The first-order valence-corrected chi connectivity index (χ1v) is 34.3. The van der Waals surface area contributed by atoms with Crippen LogP contribution in [0.15, 0.2) is 36.5 Å². The van der Waals surface area contributed by atoms with E-state index in [0.29, 0.717) is 19.4 Å². The molecule has 0 aromatic heterocycles. The third-order valence-corrected chi connectivity index (χ3v) is 15.9. The van der Waals surface area contributed by atoms with Gasteiger partial charge in [0, 0.05) is 12.8 Å². The second kappa shape index (κ2) is 65.6. The maximum atomic E-state index is 12.4. The molecular formula is C70H133NO5. The van der Waals surface area contributed by atoms with E-state index >= 15 is 0 Å². The first-order chi connectivity index (χ1) is 37.5. The van der Waals surface area contributed by atoms with E-state index in [9.17, 15) is 19.8 Å². The van der Waals surface area contributed by atoms with Gasteiger partial charge < -0.3 is 20.3 Å². The van der Waals surface area contributed by atoms with Gasteiger partial charge in [-0.3, -0.25) is 9.59 Å². The van der Waals surface area contributed by atoms with Crippen LogP contribution in [-0.2, 0) is 14.3 Å². The predicted octanol–water partition coefficient (Wildman–Crippen LogP) is 21.9. The summed E-state index contributed by atoms with van der Waals surface area (Å²) >= 11 is 0. The van der Waals surface area contributed by atoms with Gasteiger partial charge in [0.15, 0.2) is 0 Å². The molecule has 1 amide bonds. The van der Waals surface area contributed by atoms with Gasteiger partial charge in [0.05, 0.1) is 25.4 Å². The zero-order valence-electron chi connectivity index (χ0n) is 51.3. The van der Waals surface area contributed by atoms with Gasteiger partial charge in [0.25, 0.3) is 0 Å². The predicted molar refractivity (Wildman–Crippen MR) is 333 cm³/mol. The first-order valence-electron chi connectivity index (χ1n) is 34.3. The lowest BCUT2D eigenvalue weighted by molar-refractivity contribution is -0.143. The molecule has 76 heavy (non-hydrogen) atoms. The Bertz CT molecular complexity index is 1230. The van der Waals surface area contributed by atoms with Gasteiger partial charge in [-0.15, -0.1) is 0 Å². The van der Waals surface area contributed by atoms with Gasteiger partial charge in [0.2, 0.25) is 5.91 Å². The van der Waals surface area contributed by atoms with Crippen molar-refractivity contribution in [2.45, 2.75) is 386 Å². The number of nitrogens with one attached hydrogen (secondary N) is 1. The Morgan fingerprint density at radius 1 is 0.368 bits per heavy atom. The average molecular weight is 1070 g/mol. The number of carbonyl (C=O) groups is 2. The lowest BCUT2D eigenvalue weighted by Crippen LogP contribution is -2.45. The Labute approximate surface area is 474 Å². The summed E-state index contributed by atoms with van der Waals surface area (Å²) in [4.78, 5) is 24.4. The normalized spacial score (nSPS) is 12.7.